The van der Waals surface area contributed by atoms with Gasteiger partial charge in [-0.1, -0.05) is 36.4 Å². The Hall–Kier alpha value is -2.22. The van der Waals surface area contributed by atoms with E-state index in [4.69, 9.17) is 5.73 Å². The molecule has 0 heterocycles. The fourth-order valence-corrected chi connectivity index (χ4v) is 4.00. The van der Waals surface area contributed by atoms with Crippen LogP contribution < -0.4 is 15.8 Å². The highest BCUT2D eigenvalue weighted by Crippen LogP contribution is 2.49. The Labute approximate surface area is 153 Å². The molecular formula is C19H23N3O3S. The van der Waals surface area contributed by atoms with Crippen molar-refractivity contribution in [3.05, 3.63) is 60.2 Å². The molecule has 0 saturated heterocycles. The molecular weight excluding hydrogens is 350 g/mol. The van der Waals surface area contributed by atoms with Crippen LogP contribution in [0.4, 0.5) is 5.69 Å². The van der Waals surface area contributed by atoms with Crippen molar-refractivity contribution in [2.75, 3.05) is 18.4 Å². The first-order valence-corrected chi connectivity index (χ1v) is 10.1. The standard InChI is InChI=1S/C19H23N3O3S/c20-11-12-21-26(24,25)17-8-4-7-16(13-17)22-18(23)19(9-10-19)14-15-5-2-1-3-6-15/h1-8,13,21H,9-12,14,20H2,(H,22,23). The number of anilines is 1. The third-order valence-electron chi connectivity index (χ3n) is 4.56. The summed E-state index contributed by atoms with van der Waals surface area (Å²) in [5.74, 6) is -0.0641. The van der Waals surface area contributed by atoms with E-state index in [0.717, 1.165) is 18.4 Å². The topological polar surface area (TPSA) is 101 Å². The zero-order valence-corrected chi connectivity index (χ0v) is 15.3. The molecule has 4 N–H and O–H groups in total. The molecule has 0 aliphatic heterocycles. The summed E-state index contributed by atoms with van der Waals surface area (Å²) in [5, 5.41) is 2.88. The molecule has 2 aromatic carbocycles. The second-order valence-electron chi connectivity index (χ2n) is 6.61. The van der Waals surface area contributed by atoms with E-state index in [1.54, 1.807) is 12.1 Å². The highest BCUT2D eigenvalue weighted by atomic mass is 32.2. The average Bonchev–Trinajstić information content (AvgIpc) is 3.42. The molecule has 7 heteroatoms. The van der Waals surface area contributed by atoms with Crippen LogP contribution in [0.2, 0.25) is 0 Å². The first-order chi connectivity index (χ1) is 12.5. The maximum Gasteiger partial charge on any atom is 0.240 e. The molecule has 3 rings (SSSR count). The fourth-order valence-electron chi connectivity index (χ4n) is 2.90. The number of hydrogen-bond donors (Lipinski definition) is 3. The van der Waals surface area contributed by atoms with Gasteiger partial charge in [0.25, 0.3) is 0 Å². The van der Waals surface area contributed by atoms with E-state index >= 15 is 0 Å². The van der Waals surface area contributed by atoms with Crippen molar-refractivity contribution in [2.45, 2.75) is 24.2 Å². The Bertz CT molecular complexity index is 878. The number of nitrogens with one attached hydrogen (secondary N) is 2. The van der Waals surface area contributed by atoms with Crippen LogP contribution in [0, 0.1) is 5.41 Å². The van der Waals surface area contributed by atoms with Crippen molar-refractivity contribution in [3.63, 3.8) is 0 Å². The van der Waals surface area contributed by atoms with Gasteiger partial charge in [0.15, 0.2) is 0 Å². The lowest BCUT2D eigenvalue weighted by Crippen LogP contribution is -2.29. The van der Waals surface area contributed by atoms with Crippen molar-refractivity contribution in [1.82, 2.24) is 4.72 Å². The van der Waals surface area contributed by atoms with Gasteiger partial charge in [-0.3, -0.25) is 4.79 Å². The molecule has 0 aromatic heterocycles. The molecule has 26 heavy (non-hydrogen) atoms. The summed E-state index contributed by atoms with van der Waals surface area (Å²) in [6.07, 6.45) is 2.36. The SMILES string of the molecule is NCCNS(=O)(=O)c1cccc(NC(=O)C2(Cc3ccccc3)CC2)c1. The molecule has 2 aromatic rings. The van der Waals surface area contributed by atoms with Gasteiger partial charge in [0.05, 0.1) is 10.3 Å². The van der Waals surface area contributed by atoms with Crippen LogP contribution in [0.3, 0.4) is 0 Å². The molecule has 1 fully saturated rings. The van der Waals surface area contributed by atoms with Gasteiger partial charge in [-0.15, -0.1) is 0 Å². The van der Waals surface area contributed by atoms with Gasteiger partial charge in [-0.25, -0.2) is 13.1 Å². The highest BCUT2D eigenvalue weighted by Gasteiger charge is 2.49. The van der Waals surface area contributed by atoms with E-state index < -0.39 is 15.4 Å². The molecule has 138 valence electrons. The normalized spacial score (nSPS) is 15.4. The van der Waals surface area contributed by atoms with Crippen LogP contribution in [0.1, 0.15) is 18.4 Å². The average molecular weight is 373 g/mol. The molecule has 0 unspecified atom stereocenters. The van der Waals surface area contributed by atoms with Crippen LogP contribution in [0.25, 0.3) is 0 Å². The molecule has 1 saturated carbocycles. The van der Waals surface area contributed by atoms with Crippen molar-refractivity contribution >= 4 is 21.6 Å². The zero-order chi connectivity index (χ0) is 18.6. The van der Waals surface area contributed by atoms with E-state index in [9.17, 15) is 13.2 Å². The van der Waals surface area contributed by atoms with Crippen molar-refractivity contribution in [1.29, 1.82) is 0 Å². The molecule has 0 spiro atoms. The van der Waals surface area contributed by atoms with Crippen LogP contribution in [0.5, 0.6) is 0 Å². The van der Waals surface area contributed by atoms with Gasteiger partial charge in [-0.05, 0) is 43.0 Å². The summed E-state index contributed by atoms with van der Waals surface area (Å²) in [7, 11) is -3.63. The van der Waals surface area contributed by atoms with Crippen LogP contribution in [0.15, 0.2) is 59.5 Å². The number of benzene rings is 2. The van der Waals surface area contributed by atoms with E-state index in [1.165, 1.54) is 12.1 Å². The third-order valence-corrected chi connectivity index (χ3v) is 6.02. The highest BCUT2D eigenvalue weighted by molar-refractivity contribution is 7.89. The molecule has 0 bridgehead atoms. The Kier molecular flexibility index (Phi) is 5.41. The molecule has 6 nitrogen and oxygen atoms in total. The summed E-state index contributed by atoms with van der Waals surface area (Å²) in [5.41, 5.74) is 6.55. The summed E-state index contributed by atoms with van der Waals surface area (Å²) in [4.78, 5) is 12.8. The molecule has 1 amide bonds. The number of rotatable bonds is 8. The smallest absolute Gasteiger partial charge is 0.240 e. The van der Waals surface area contributed by atoms with Crippen molar-refractivity contribution in [3.8, 4) is 0 Å². The molecule has 1 aliphatic carbocycles. The first kappa shape index (κ1) is 18.6. The molecule has 1 aliphatic rings. The minimum Gasteiger partial charge on any atom is -0.329 e. The Morgan fingerprint density at radius 1 is 1.08 bits per heavy atom. The Morgan fingerprint density at radius 3 is 2.46 bits per heavy atom. The van der Waals surface area contributed by atoms with Gasteiger partial charge in [-0.2, -0.15) is 0 Å². The van der Waals surface area contributed by atoms with E-state index in [1.807, 2.05) is 30.3 Å². The number of amides is 1. The zero-order valence-electron chi connectivity index (χ0n) is 14.4. The quantitative estimate of drug-likeness (QED) is 0.658. The maximum absolute atomic E-state index is 12.7. The Balaban J connectivity index is 1.71. The summed E-state index contributed by atoms with van der Waals surface area (Å²) < 4.78 is 26.8. The van der Waals surface area contributed by atoms with Gasteiger partial charge in [0.1, 0.15) is 0 Å². The van der Waals surface area contributed by atoms with Gasteiger partial charge >= 0.3 is 0 Å². The van der Waals surface area contributed by atoms with Gasteiger partial charge < -0.3 is 11.1 Å². The fraction of sp³-hybridized carbons (Fsp3) is 0.316. The summed E-state index contributed by atoms with van der Waals surface area (Å²) in [6, 6.07) is 16.2. The minimum absolute atomic E-state index is 0.0641. The lowest BCUT2D eigenvalue weighted by molar-refractivity contribution is -0.121. The number of hydrogen-bond acceptors (Lipinski definition) is 4. The maximum atomic E-state index is 12.7. The monoisotopic (exact) mass is 373 g/mol. The third kappa shape index (κ3) is 4.30. The van der Waals surface area contributed by atoms with Crippen LogP contribution in [-0.4, -0.2) is 27.4 Å². The predicted molar refractivity (Wildman–Crippen MR) is 101 cm³/mol. The largest absolute Gasteiger partial charge is 0.329 e. The second kappa shape index (κ2) is 7.57. The number of carbonyl (C=O) groups excluding carboxylic acids is 1. The minimum atomic E-state index is -3.63. The van der Waals surface area contributed by atoms with Crippen LogP contribution in [-0.2, 0) is 21.2 Å². The van der Waals surface area contributed by atoms with Gasteiger partial charge in [0.2, 0.25) is 15.9 Å². The lowest BCUT2D eigenvalue weighted by Gasteiger charge is -2.16. The lowest BCUT2D eigenvalue weighted by atomic mass is 9.95. The van der Waals surface area contributed by atoms with Crippen LogP contribution >= 0.6 is 0 Å². The van der Waals surface area contributed by atoms with E-state index in [2.05, 4.69) is 10.0 Å². The van der Waals surface area contributed by atoms with E-state index in [0.29, 0.717) is 12.1 Å². The van der Waals surface area contributed by atoms with Gasteiger partial charge in [0, 0.05) is 18.8 Å². The first-order valence-electron chi connectivity index (χ1n) is 8.60. The summed E-state index contributed by atoms with van der Waals surface area (Å²) >= 11 is 0. The van der Waals surface area contributed by atoms with E-state index in [-0.39, 0.29) is 23.9 Å². The number of nitrogens with two attached hydrogens (primary N) is 1. The van der Waals surface area contributed by atoms with Crippen molar-refractivity contribution < 1.29 is 13.2 Å². The number of carbonyl (C=O) groups is 1. The molecule has 0 atom stereocenters. The Morgan fingerprint density at radius 2 is 1.81 bits per heavy atom. The number of sulfonamides is 1. The molecule has 0 radical (unpaired) electrons. The second-order valence-corrected chi connectivity index (χ2v) is 8.38. The van der Waals surface area contributed by atoms with Crippen molar-refractivity contribution in [2.24, 2.45) is 11.1 Å². The summed E-state index contributed by atoms with van der Waals surface area (Å²) in [6.45, 7) is 0.386. The predicted octanol–water partition coefficient (Wildman–Crippen LogP) is 1.88.